The van der Waals surface area contributed by atoms with Crippen LogP contribution in [0.25, 0.3) is 0 Å². The summed E-state index contributed by atoms with van der Waals surface area (Å²) in [6.07, 6.45) is 0.985. The van der Waals surface area contributed by atoms with Gasteiger partial charge in [0.05, 0.1) is 5.56 Å². The van der Waals surface area contributed by atoms with Gasteiger partial charge in [-0.15, -0.1) is 0 Å². The molecule has 0 unspecified atom stereocenters. The lowest BCUT2D eigenvalue weighted by Gasteiger charge is -2.22. The van der Waals surface area contributed by atoms with Gasteiger partial charge in [-0.25, -0.2) is 0 Å². The lowest BCUT2D eigenvalue weighted by molar-refractivity contribution is 0.0765. The molecule has 0 fully saturated rings. The van der Waals surface area contributed by atoms with E-state index in [-0.39, 0.29) is 5.91 Å². The summed E-state index contributed by atoms with van der Waals surface area (Å²) in [7, 11) is 0. The molecule has 0 aromatic heterocycles. The quantitative estimate of drug-likeness (QED) is 0.837. The van der Waals surface area contributed by atoms with Crippen molar-refractivity contribution in [3.05, 3.63) is 29.8 Å². The second-order valence-electron chi connectivity index (χ2n) is 4.73. The molecule has 1 rings (SSSR count). The van der Waals surface area contributed by atoms with Crippen LogP contribution in [0.1, 0.15) is 44.5 Å². The molecule has 0 radical (unpaired) electrons. The first-order chi connectivity index (χ1) is 8.60. The number of benzene rings is 1. The number of amides is 1. The number of rotatable bonds is 6. The van der Waals surface area contributed by atoms with Gasteiger partial charge >= 0.3 is 0 Å². The minimum absolute atomic E-state index is 0.114. The number of carbonyl (C=O) groups excluding carboxylic acids is 1. The van der Waals surface area contributed by atoms with E-state index in [4.69, 9.17) is 0 Å². The van der Waals surface area contributed by atoms with Crippen molar-refractivity contribution in [3.63, 3.8) is 0 Å². The van der Waals surface area contributed by atoms with Gasteiger partial charge in [0.15, 0.2) is 0 Å². The molecule has 0 atom stereocenters. The summed E-state index contributed by atoms with van der Waals surface area (Å²) in [5.74, 6) is 0.114. The molecule has 1 N–H and O–H groups in total. The molecular formula is C15H24N2O. The second kappa shape index (κ2) is 7.04. The fraction of sp³-hybridized carbons (Fsp3) is 0.533. The molecule has 0 saturated heterocycles. The Kier molecular flexibility index (Phi) is 5.69. The maximum atomic E-state index is 12.5. The van der Waals surface area contributed by atoms with Crippen LogP contribution in [0, 0.1) is 0 Å². The number of hydrogen-bond acceptors (Lipinski definition) is 2. The van der Waals surface area contributed by atoms with Crippen molar-refractivity contribution < 1.29 is 4.79 Å². The lowest BCUT2D eigenvalue weighted by atomic mass is 10.1. The molecule has 0 bridgehead atoms. The topological polar surface area (TPSA) is 32.3 Å². The van der Waals surface area contributed by atoms with Crippen molar-refractivity contribution in [1.29, 1.82) is 0 Å². The highest BCUT2D eigenvalue weighted by Gasteiger charge is 2.16. The third kappa shape index (κ3) is 3.76. The van der Waals surface area contributed by atoms with Gasteiger partial charge in [-0.05, 0) is 39.3 Å². The Balaban J connectivity index is 2.96. The zero-order valence-corrected chi connectivity index (χ0v) is 11.9. The molecule has 0 aliphatic heterocycles. The van der Waals surface area contributed by atoms with Crippen LogP contribution in [0.15, 0.2) is 24.3 Å². The van der Waals surface area contributed by atoms with E-state index >= 15 is 0 Å². The molecule has 0 heterocycles. The van der Waals surface area contributed by atoms with Crippen molar-refractivity contribution in [2.45, 2.75) is 40.2 Å². The lowest BCUT2D eigenvalue weighted by Crippen LogP contribution is -2.32. The zero-order valence-electron chi connectivity index (χ0n) is 11.9. The van der Waals surface area contributed by atoms with Gasteiger partial charge in [-0.2, -0.15) is 0 Å². The minimum atomic E-state index is 0.114. The number of hydrogen-bond donors (Lipinski definition) is 1. The highest BCUT2D eigenvalue weighted by Crippen LogP contribution is 2.18. The number of anilines is 1. The maximum Gasteiger partial charge on any atom is 0.255 e. The van der Waals surface area contributed by atoms with Crippen molar-refractivity contribution >= 4 is 11.6 Å². The molecule has 0 aliphatic rings. The standard InChI is InChI=1S/C15H24N2O/c1-5-11-17(6-2)15(18)13-9-7-8-10-14(13)16-12(3)4/h7-10,12,16H,5-6,11H2,1-4H3. The van der Waals surface area contributed by atoms with Crippen LogP contribution >= 0.6 is 0 Å². The van der Waals surface area contributed by atoms with Crippen molar-refractivity contribution in [1.82, 2.24) is 4.90 Å². The van der Waals surface area contributed by atoms with E-state index in [2.05, 4.69) is 26.1 Å². The molecule has 0 saturated carbocycles. The Bertz CT molecular complexity index is 388. The zero-order chi connectivity index (χ0) is 13.5. The Morgan fingerprint density at radius 2 is 1.94 bits per heavy atom. The van der Waals surface area contributed by atoms with Gasteiger partial charge < -0.3 is 10.2 Å². The van der Waals surface area contributed by atoms with Crippen LogP contribution in [0.4, 0.5) is 5.69 Å². The molecule has 3 nitrogen and oxygen atoms in total. The van der Waals surface area contributed by atoms with Crippen LogP contribution in [0.5, 0.6) is 0 Å². The highest BCUT2D eigenvalue weighted by molar-refractivity contribution is 5.99. The second-order valence-corrected chi connectivity index (χ2v) is 4.73. The number of carbonyl (C=O) groups is 1. The van der Waals surface area contributed by atoms with Gasteiger partial charge in [0.2, 0.25) is 0 Å². The summed E-state index contributed by atoms with van der Waals surface area (Å²) in [6.45, 7) is 9.82. The molecule has 3 heteroatoms. The monoisotopic (exact) mass is 248 g/mol. The SMILES string of the molecule is CCCN(CC)C(=O)c1ccccc1NC(C)C. The average Bonchev–Trinajstić information content (AvgIpc) is 2.35. The van der Waals surface area contributed by atoms with E-state index in [9.17, 15) is 4.79 Å². The van der Waals surface area contributed by atoms with Gasteiger partial charge in [0.1, 0.15) is 0 Å². The van der Waals surface area contributed by atoms with Crippen LogP contribution in [0.2, 0.25) is 0 Å². The van der Waals surface area contributed by atoms with E-state index in [0.717, 1.165) is 30.8 Å². The smallest absolute Gasteiger partial charge is 0.255 e. The number of nitrogens with one attached hydrogen (secondary N) is 1. The summed E-state index contributed by atoms with van der Waals surface area (Å²) >= 11 is 0. The summed E-state index contributed by atoms with van der Waals surface area (Å²) < 4.78 is 0. The van der Waals surface area contributed by atoms with Crippen molar-refractivity contribution in [3.8, 4) is 0 Å². The van der Waals surface area contributed by atoms with Crippen LogP contribution in [-0.2, 0) is 0 Å². The van der Waals surface area contributed by atoms with E-state index in [0.29, 0.717) is 6.04 Å². The fourth-order valence-electron chi connectivity index (χ4n) is 1.95. The summed E-state index contributed by atoms with van der Waals surface area (Å²) in [5.41, 5.74) is 1.69. The first-order valence-corrected chi connectivity index (χ1v) is 6.75. The van der Waals surface area contributed by atoms with Gasteiger partial charge in [-0.1, -0.05) is 19.1 Å². The Hall–Kier alpha value is -1.51. The van der Waals surface area contributed by atoms with Crippen molar-refractivity contribution in [2.75, 3.05) is 18.4 Å². The molecule has 0 spiro atoms. The third-order valence-electron chi connectivity index (χ3n) is 2.76. The van der Waals surface area contributed by atoms with E-state index in [1.54, 1.807) is 0 Å². The molecular weight excluding hydrogens is 224 g/mol. The maximum absolute atomic E-state index is 12.5. The molecule has 1 aromatic carbocycles. The average molecular weight is 248 g/mol. The van der Waals surface area contributed by atoms with Crippen LogP contribution in [0.3, 0.4) is 0 Å². The summed E-state index contributed by atoms with van der Waals surface area (Å²) in [6, 6.07) is 8.05. The highest BCUT2D eigenvalue weighted by atomic mass is 16.2. The first kappa shape index (κ1) is 14.6. The first-order valence-electron chi connectivity index (χ1n) is 6.75. The van der Waals surface area contributed by atoms with E-state index in [1.807, 2.05) is 36.1 Å². The van der Waals surface area contributed by atoms with Gasteiger partial charge in [-0.3, -0.25) is 4.79 Å². The predicted molar refractivity (Wildman–Crippen MR) is 77.1 cm³/mol. The minimum Gasteiger partial charge on any atom is -0.382 e. The Morgan fingerprint density at radius 3 is 2.50 bits per heavy atom. The van der Waals surface area contributed by atoms with E-state index < -0.39 is 0 Å². The largest absolute Gasteiger partial charge is 0.382 e. The number of nitrogens with zero attached hydrogens (tertiary/aromatic N) is 1. The molecule has 1 aromatic rings. The molecule has 1 amide bonds. The fourth-order valence-corrected chi connectivity index (χ4v) is 1.95. The molecule has 100 valence electrons. The predicted octanol–water partition coefficient (Wildman–Crippen LogP) is 3.38. The summed E-state index contributed by atoms with van der Waals surface area (Å²) in [5, 5.41) is 3.33. The van der Waals surface area contributed by atoms with Crippen molar-refractivity contribution in [2.24, 2.45) is 0 Å². The van der Waals surface area contributed by atoms with Gasteiger partial charge in [0, 0.05) is 24.8 Å². The summed E-state index contributed by atoms with van der Waals surface area (Å²) in [4.78, 5) is 14.3. The molecule has 18 heavy (non-hydrogen) atoms. The van der Waals surface area contributed by atoms with E-state index in [1.165, 1.54) is 0 Å². The Morgan fingerprint density at radius 1 is 1.28 bits per heavy atom. The van der Waals surface area contributed by atoms with Crippen LogP contribution < -0.4 is 5.32 Å². The third-order valence-corrected chi connectivity index (χ3v) is 2.76. The Labute approximate surface area is 110 Å². The normalized spacial score (nSPS) is 10.5. The van der Waals surface area contributed by atoms with Gasteiger partial charge in [0.25, 0.3) is 5.91 Å². The molecule has 0 aliphatic carbocycles. The van der Waals surface area contributed by atoms with Crippen LogP contribution in [-0.4, -0.2) is 29.9 Å². The number of para-hydroxylation sites is 1.